The number of fused-ring (bicyclic) bond motifs is 1. The van der Waals surface area contributed by atoms with Crippen LogP contribution in [0.3, 0.4) is 0 Å². The van der Waals surface area contributed by atoms with Gasteiger partial charge in [-0.15, -0.1) is 0 Å². The molecule has 5 aromatic rings. The number of ether oxygens (including phenoxy) is 1. The third kappa shape index (κ3) is 6.44. The number of pyridine rings is 1. The topological polar surface area (TPSA) is 118 Å². The molecule has 6 heterocycles. The van der Waals surface area contributed by atoms with Gasteiger partial charge in [-0.3, -0.25) is 23.8 Å². The molecule has 4 aromatic heterocycles. The Morgan fingerprint density at radius 3 is 2.68 bits per heavy atom. The van der Waals surface area contributed by atoms with E-state index < -0.39 is 0 Å². The summed E-state index contributed by atoms with van der Waals surface area (Å²) in [7, 11) is 1.90. The number of benzene rings is 1. The highest BCUT2D eigenvalue weighted by Crippen LogP contribution is 2.39. The van der Waals surface area contributed by atoms with Crippen molar-refractivity contribution in [1.29, 1.82) is 0 Å². The van der Waals surface area contributed by atoms with Crippen molar-refractivity contribution in [3.63, 3.8) is 0 Å². The number of halogens is 2. The predicted octanol–water partition coefficient (Wildman–Crippen LogP) is 3.73. The lowest BCUT2D eigenvalue weighted by Crippen LogP contribution is -2.47. The maximum absolute atomic E-state index is 13.9. The number of anilines is 2. The van der Waals surface area contributed by atoms with E-state index in [0.717, 1.165) is 56.2 Å². The van der Waals surface area contributed by atoms with E-state index in [1.54, 1.807) is 41.3 Å². The van der Waals surface area contributed by atoms with Gasteiger partial charge in [-0.25, -0.2) is 13.9 Å². The van der Waals surface area contributed by atoms with Crippen LogP contribution >= 0.6 is 0 Å². The molecule has 47 heavy (non-hydrogen) atoms. The molecule has 1 atom stereocenters. The van der Waals surface area contributed by atoms with Crippen LogP contribution in [-0.4, -0.2) is 99.3 Å². The van der Waals surface area contributed by atoms with Crippen LogP contribution in [0.15, 0.2) is 61.1 Å². The molecule has 12 nitrogen and oxygen atoms in total. The predicted molar refractivity (Wildman–Crippen MR) is 174 cm³/mol. The molecule has 14 heteroatoms. The van der Waals surface area contributed by atoms with Crippen molar-refractivity contribution in [2.24, 2.45) is 7.05 Å². The van der Waals surface area contributed by atoms with Crippen LogP contribution in [0.1, 0.15) is 28.4 Å². The fraction of sp³-hybridized carbons (Fsp3) is 0.364. The highest BCUT2D eigenvalue weighted by Gasteiger charge is 2.28. The molecule has 2 aliphatic rings. The lowest BCUT2D eigenvalue weighted by Gasteiger charge is -2.36. The average molecular weight is 643 g/mol. The smallest absolute Gasteiger partial charge is 0.257 e. The molecule has 0 saturated carbocycles. The largest absolute Gasteiger partial charge is 0.371 e. The van der Waals surface area contributed by atoms with E-state index in [-0.39, 0.29) is 24.5 Å². The second kappa shape index (κ2) is 13.5. The SMILES string of the molecule is Cn1nc(-c2ccc(F)cc2)c(-c2ccc3nc(NC(=O)c4ccncc4C4CNCCO4)cn3n2)c1N1CCN(CCCF)CC1. The van der Waals surface area contributed by atoms with Gasteiger partial charge < -0.3 is 20.3 Å². The lowest BCUT2D eigenvalue weighted by molar-refractivity contribution is 0.0269. The zero-order valence-electron chi connectivity index (χ0n) is 26.1. The fourth-order valence-electron chi connectivity index (χ4n) is 6.28. The van der Waals surface area contributed by atoms with Crippen molar-refractivity contribution in [2.75, 3.05) is 69.3 Å². The van der Waals surface area contributed by atoms with Crippen molar-refractivity contribution < 1.29 is 18.3 Å². The molecule has 7 rings (SSSR count). The van der Waals surface area contributed by atoms with Gasteiger partial charge in [-0.05, 0) is 48.9 Å². The van der Waals surface area contributed by atoms with Crippen LogP contribution in [0.2, 0.25) is 0 Å². The molecule has 2 N–H and O–H groups in total. The van der Waals surface area contributed by atoms with Gasteiger partial charge in [0, 0.05) is 81.9 Å². The monoisotopic (exact) mass is 642 g/mol. The van der Waals surface area contributed by atoms with Gasteiger partial charge in [0.05, 0.1) is 36.8 Å². The maximum Gasteiger partial charge on any atom is 0.257 e. The van der Waals surface area contributed by atoms with E-state index >= 15 is 0 Å². The number of hydrogen-bond donors (Lipinski definition) is 2. The molecule has 0 aliphatic carbocycles. The Morgan fingerprint density at radius 1 is 1.09 bits per heavy atom. The van der Waals surface area contributed by atoms with Crippen molar-refractivity contribution in [3.05, 3.63) is 78.0 Å². The summed E-state index contributed by atoms with van der Waals surface area (Å²) in [5.74, 6) is 0.587. The Bertz CT molecular complexity index is 1860. The van der Waals surface area contributed by atoms with Crippen LogP contribution < -0.4 is 15.5 Å². The van der Waals surface area contributed by atoms with Gasteiger partial charge in [0.1, 0.15) is 17.3 Å². The summed E-state index contributed by atoms with van der Waals surface area (Å²) in [6.07, 6.45) is 5.18. The summed E-state index contributed by atoms with van der Waals surface area (Å²) in [6.45, 7) is 5.41. The van der Waals surface area contributed by atoms with Gasteiger partial charge in [0.25, 0.3) is 5.91 Å². The van der Waals surface area contributed by atoms with E-state index in [1.807, 2.05) is 23.9 Å². The van der Waals surface area contributed by atoms with E-state index in [1.165, 1.54) is 12.1 Å². The summed E-state index contributed by atoms with van der Waals surface area (Å²) >= 11 is 0. The number of carbonyl (C=O) groups excluding carboxylic acids is 1. The Balaban J connectivity index is 1.21. The number of aryl methyl sites for hydroxylation is 1. The highest BCUT2D eigenvalue weighted by molar-refractivity contribution is 6.05. The number of aromatic nitrogens is 6. The summed E-state index contributed by atoms with van der Waals surface area (Å²) in [6, 6.07) is 11.7. The van der Waals surface area contributed by atoms with E-state index in [2.05, 4.69) is 30.4 Å². The molecule has 1 aromatic carbocycles. The minimum Gasteiger partial charge on any atom is -0.371 e. The normalized spacial score (nSPS) is 17.3. The molecular weight excluding hydrogens is 606 g/mol. The minimum atomic E-state index is -0.329. The van der Waals surface area contributed by atoms with Gasteiger partial charge in [0.15, 0.2) is 11.5 Å². The van der Waals surface area contributed by atoms with Crippen LogP contribution in [0, 0.1) is 5.82 Å². The third-order valence-corrected chi connectivity index (χ3v) is 8.60. The van der Waals surface area contributed by atoms with E-state index in [9.17, 15) is 13.6 Å². The van der Waals surface area contributed by atoms with Crippen LogP contribution in [0.5, 0.6) is 0 Å². The summed E-state index contributed by atoms with van der Waals surface area (Å²) in [5, 5.41) is 16.0. The molecule has 2 fully saturated rings. The molecule has 0 spiro atoms. The number of hydrogen-bond acceptors (Lipinski definition) is 9. The Labute approximate surface area is 270 Å². The fourth-order valence-corrected chi connectivity index (χ4v) is 6.28. The number of nitrogens with zero attached hydrogens (tertiary/aromatic N) is 8. The van der Waals surface area contributed by atoms with Gasteiger partial charge in [0.2, 0.25) is 0 Å². The first-order chi connectivity index (χ1) is 23.0. The van der Waals surface area contributed by atoms with Crippen molar-refractivity contribution >= 4 is 23.2 Å². The second-order valence-corrected chi connectivity index (χ2v) is 11.7. The number of piperazine rings is 1. The Kier molecular flexibility index (Phi) is 8.87. The second-order valence-electron chi connectivity index (χ2n) is 11.7. The van der Waals surface area contributed by atoms with Crippen LogP contribution in [0.25, 0.3) is 28.2 Å². The molecular formula is C33H36F2N10O2. The van der Waals surface area contributed by atoms with E-state index in [0.29, 0.717) is 53.6 Å². The number of imidazole rings is 1. The van der Waals surface area contributed by atoms with Gasteiger partial charge >= 0.3 is 0 Å². The number of alkyl halides is 1. The number of nitrogens with one attached hydrogen (secondary N) is 2. The summed E-state index contributed by atoms with van der Waals surface area (Å²) in [5.41, 5.74) is 4.61. The van der Waals surface area contributed by atoms with Crippen molar-refractivity contribution in [2.45, 2.75) is 12.5 Å². The van der Waals surface area contributed by atoms with E-state index in [4.69, 9.17) is 14.9 Å². The zero-order valence-corrected chi connectivity index (χ0v) is 26.1. The zero-order chi connectivity index (χ0) is 32.3. The molecule has 0 bridgehead atoms. The van der Waals surface area contributed by atoms with Gasteiger partial charge in [-0.2, -0.15) is 10.2 Å². The average Bonchev–Trinajstić information content (AvgIpc) is 3.67. The molecule has 2 saturated heterocycles. The Hall–Kier alpha value is -4.79. The summed E-state index contributed by atoms with van der Waals surface area (Å²) in [4.78, 5) is 26.8. The third-order valence-electron chi connectivity index (χ3n) is 8.60. The van der Waals surface area contributed by atoms with Crippen LogP contribution in [-0.2, 0) is 11.8 Å². The van der Waals surface area contributed by atoms with Crippen molar-refractivity contribution in [3.8, 4) is 22.5 Å². The molecule has 1 unspecified atom stereocenters. The van der Waals surface area contributed by atoms with Crippen molar-refractivity contribution in [1.82, 2.24) is 39.6 Å². The van der Waals surface area contributed by atoms with Crippen LogP contribution in [0.4, 0.5) is 20.4 Å². The van der Waals surface area contributed by atoms with Gasteiger partial charge in [-0.1, -0.05) is 0 Å². The maximum atomic E-state index is 13.9. The summed E-state index contributed by atoms with van der Waals surface area (Å²) < 4.78 is 36.0. The molecule has 1 amide bonds. The first-order valence-corrected chi connectivity index (χ1v) is 15.8. The number of carbonyl (C=O) groups is 1. The lowest BCUT2D eigenvalue weighted by atomic mass is 10.0. The minimum absolute atomic E-state index is 0.273. The highest BCUT2D eigenvalue weighted by atomic mass is 19.1. The quantitative estimate of drug-likeness (QED) is 0.248. The molecule has 0 radical (unpaired) electrons. The first kappa shape index (κ1) is 30.8. The number of amides is 1. The first-order valence-electron chi connectivity index (χ1n) is 15.8. The standard InChI is InChI=1S/C33H36F2N10O2/c1-42-33(44-16-14-43(15-17-44)13-2-10-34)30(31(41-42)22-3-5-23(35)6-4-22)26-7-8-29-38-28(21-45(29)40-26)39-32(46)24-9-11-36-19-25(24)27-20-37-12-18-47-27/h3-9,11,19,21,27,37H,2,10,12-18,20H2,1H3,(H,39,46). The number of morpholine rings is 1. The molecule has 244 valence electrons. The Morgan fingerprint density at radius 2 is 1.91 bits per heavy atom. The molecule has 2 aliphatic heterocycles. The number of rotatable bonds is 9.